The van der Waals surface area contributed by atoms with Gasteiger partial charge in [0.15, 0.2) is 0 Å². The first-order valence-corrected chi connectivity index (χ1v) is 6.66. The first kappa shape index (κ1) is 20.6. The van der Waals surface area contributed by atoms with Crippen molar-refractivity contribution < 1.29 is 44.8 Å². The molecule has 0 fully saturated rings. The van der Waals surface area contributed by atoms with Gasteiger partial charge in [0.25, 0.3) is 0 Å². The zero-order valence-electron chi connectivity index (χ0n) is 11.9. The van der Waals surface area contributed by atoms with Crippen LogP contribution in [0.4, 0.5) is 0 Å². The van der Waals surface area contributed by atoms with E-state index < -0.39 is 37.6 Å². The highest BCUT2D eigenvalue weighted by molar-refractivity contribution is 4.58. The Morgan fingerprint density at radius 3 is 0.952 bits per heavy atom. The summed E-state index contributed by atoms with van der Waals surface area (Å²) in [5.74, 6) is 0. The number of aliphatic hydroxyl groups is 6. The third-order valence-electron chi connectivity index (χ3n) is 2.28. The maximum absolute atomic E-state index is 9.46. The molecule has 0 spiro atoms. The van der Waals surface area contributed by atoms with E-state index in [9.17, 15) is 10.2 Å². The van der Waals surface area contributed by atoms with Gasteiger partial charge in [0.2, 0.25) is 0 Å². The van der Waals surface area contributed by atoms with Crippen LogP contribution in [0, 0.1) is 0 Å². The van der Waals surface area contributed by atoms with Gasteiger partial charge in [0, 0.05) is 0 Å². The van der Waals surface area contributed by atoms with Crippen molar-refractivity contribution in [2.45, 2.75) is 24.4 Å². The van der Waals surface area contributed by atoms with Crippen molar-refractivity contribution in [3.8, 4) is 0 Å². The van der Waals surface area contributed by atoms with E-state index in [0.29, 0.717) is 0 Å². The second-order valence-electron chi connectivity index (χ2n) is 4.59. The topological polar surface area (TPSA) is 149 Å². The summed E-state index contributed by atoms with van der Waals surface area (Å²) >= 11 is 0. The highest BCUT2D eigenvalue weighted by Crippen LogP contribution is 1.94. The van der Waals surface area contributed by atoms with Crippen LogP contribution in [0.15, 0.2) is 0 Å². The zero-order chi connectivity index (χ0) is 16.1. The lowest BCUT2D eigenvalue weighted by Gasteiger charge is -2.16. The molecule has 0 aliphatic carbocycles. The number of hydrogen-bond donors (Lipinski definition) is 6. The first-order chi connectivity index (χ1) is 9.99. The quantitative estimate of drug-likeness (QED) is 0.192. The molecule has 9 nitrogen and oxygen atoms in total. The Hall–Kier alpha value is -0.360. The van der Waals surface area contributed by atoms with Gasteiger partial charge in [-0.2, -0.15) is 0 Å². The van der Waals surface area contributed by atoms with Gasteiger partial charge in [-0.15, -0.1) is 0 Å². The van der Waals surface area contributed by atoms with Gasteiger partial charge in [-0.25, -0.2) is 0 Å². The molecule has 0 saturated carbocycles. The lowest BCUT2D eigenvalue weighted by molar-refractivity contribution is -0.0743. The van der Waals surface area contributed by atoms with Crippen LogP contribution in [0.25, 0.3) is 0 Å². The average molecular weight is 314 g/mol. The van der Waals surface area contributed by atoms with E-state index >= 15 is 0 Å². The second-order valence-corrected chi connectivity index (χ2v) is 4.59. The molecule has 4 unspecified atom stereocenters. The monoisotopic (exact) mass is 314 g/mol. The summed E-state index contributed by atoms with van der Waals surface area (Å²) in [6.45, 7) is -1.25. The number of rotatable bonds is 14. The van der Waals surface area contributed by atoms with Crippen molar-refractivity contribution in [3.63, 3.8) is 0 Å². The van der Waals surface area contributed by atoms with E-state index in [4.69, 9.17) is 34.6 Å². The molecule has 0 heterocycles. The lowest BCUT2D eigenvalue weighted by Crippen LogP contribution is -2.30. The molecule has 0 rings (SSSR count). The van der Waals surface area contributed by atoms with Crippen molar-refractivity contribution in [1.82, 2.24) is 0 Å². The summed E-state index contributed by atoms with van der Waals surface area (Å²) in [7, 11) is 0. The second kappa shape index (κ2) is 13.3. The summed E-state index contributed by atoms with van der Waals surface area (Å²) in [6, 6.07) is 0. The highest BCUT2D eigenvalue weighted by Gasteiger charge is 2.10. The normalized spacial score (nSPS) is 17.4. The van der Waals surface area contributed by atoms with E-state index in [0.717, 1.165) is 0 Å². The highest BCUT2D eigenvalue weighted by atomic mass is 16.5. The molecule has 6 N–H and O–H groups in total. The summed E-state index contributed by atoms with van der Waals surface area (Å²) in [5, 5.41) is 54.0. The molecule has 0 radical (unpaired) electrons. The van der Waals surface area contributed by atoms with Gasteiger partial charge < -0.3 is 44.8 Å². The molecule has 0 bridgehead atoms. The Morgan fingerprint density at radius 1 is 0.476 bits per heavy atom. The largest absolute Gasteiger partial charge is 0.394 e. The predicted octanol–water partition coefficient (Wildman–Crippen LogP) is -3.54. The molecule has 21 heavy (non-hydrogen) atoms. The van der Waals surface area contributed by atoms with Crippen LogP contribution in [-0.4, -0.2) is 108 Å². The molecule has 128 valence electrons. The predicted molar refractivity (Wildman–Crippen MR) is 70.7 cm³/mol. The Morgan fingerprint density at radius 2 is 0.714 bits per heavy atom. The fourth-order valence-corrected chi connectivity index (χ4v) is 1.22. The van der Waals surface area contributed by atoms with Crippen LogP contribution < -0.4 is 0 Å². The van der Waals surface area contributed by atoms with Crippen molar-refractivity contribution >= 4 is 0 Å². The third-order valence-corrected chi connectivity index (χ3v) is 2.28. The molecule has 0 aliphatic rings. The molecule has 0 aromatic rings. The van der Waals surface area contributed by atoms with Gasteiger partial charge in [-0.05, 0) is 0 Å². The van der Waals surface area contributed by atoms with Crippen molar-refractivity contribution in [3.05, 3.63) is 0 Å². The summed E-state index contributed by atoms with van der Waals surface area (Å²) in [4.78, 5) is 0. The maximum Gasteiger partial charge on any atom is 0.101 e. The van der Waals surface area contributed by atoms with Crippen LogP contribution >= 0.6 is 0 Å². The van der Waals surface area contributed by atoms with Crippen molar-refractivity contribution in [1.29, 1.82) is 0 Å². The average Bonchev–Trinajstić information content (AvgIpc) is 2.46. The maximum atomic E-state index is 9.46. The molecule has 0 aliphatic heterocycles. The SMILES string of the molecule is OCC(O)COCC(O)COCC(O)COCC(O)CO. The molecule has 0 amide bonds. The number of ether oxygens (including phenoxy) is 3. The van der Waals surface area contributed by atoms with Gasteiger partial charge in [-0.1, -0.05) is 0 Å². The van der Waals surface area contributed by atoms with Crippen molar-refractivity contribution in [2.24, 2.45) is 0 Å². The minimum absolute atomic E-state index is 0.0631. The minimum Gasteiger partial charge on any atom is -0.394 e. The Balaban J connectivity index is 3.46. The van der Waals surface area contributed by atoms with Crippen LogP contribution in [0.1, 0.15) is 0 Å². The van der Waals surface area contributed by atoms with Gasteiger partial charge in [0.1, 0.15) is 24.4 Å². The zero-order valence-corrected chi connectivity index (χ0v) is 11.9. The van der Waals surface area contributed by atoms with E-state index in [2.05, 4.69) is 0 Å². The number of hydrogen-bond acceptors (Lipinski definition) is 9. The standard InChI is InChI=1S/C12H26O9/c13-1-9(15)3-19-5-11(17)7-21-8-12(18)6-20-4-10(16)2-14/h9-18H,1-8H2. The molecule has 4 atom stereocenters. The molecular formula is C12H26O9. The third kappa shape index (κ3) is 13.1. The van der Waals surface area contributed by atoms with Gasteiger partial charge >= 0.3 is 0 Å². The van der Waals surface area contributed by atoms with Crippen LogP contribution in [-0.2, 0) is 14.2 Å². The van der Waals surface area contributed by atoms with Crippen molar-refractivity contribution in [2.75, 3.05) is 52.9 Å². The van der Waals surface area contributed by atoms with Crippen LogP contribution in [0.3, 0.4) is 0 Å². The van der Waals surface area contributed by atoms with E-state index in [-0.39, 0.29) is 39.6 Å². The van der Waals surface area contributed by atoms with Gasteiger partial charge in [0.05, 0.1) is 52.9 Å². The van der Waals surface area contributed by atoms with Crippen LogP contribution in [0.5, 0.6) is 0 Å². The smallest absolute Gasteiger partial charge is 0.101 e. The molecule has 0 aromatic heterocycles. The Bertz CT molecular complexity index is 207. The van der Waals surface area contributed by atoms with Crippen LogP contribution in [0.2, 0.25) is 0 Å². The fraction of sp³-hybridized carbons (Fsp3) is 1.00. The van der Waals surface area contributed by atoms with E-state index in [1.165, 1.54) is 0 Å². The van der Waals surface area contributed by atoms with E-state index in [1.54, 1.807) is 0 Å². The number of aliphatic hydroxyl groups excluding tert-OH is 6. The summed E-state index contributed by atoms with van der Waals surface area (Å²) in [6.07, 6.45) is -3.79. The molecule has 9 heteroatoms. The van der Waals surface area contributed by atoms with E-state index in [1.807, 2.05) is 0 Å². The Kier molecular flexibility index (Phi) is 13.1. The first-order valence-electron chi connectivity index (χ1n) is 6.66. The fourth-order valence-electron chi connectivity index (χ4n) is 1.22. The summed E-state index contributed by atoms with van der Waals surface area (Å²) < 4.78 is 14.9. The Labute approximate surface area is 123 Å². The molecule has 0 saturated heterocycles. The lowest BCUT2D eigenvalue weighted by atomic mass is 10.3. The molecule has 0 aromatic carbocycles. The summed E-state index contributed by atoms with van der Waals surface area (Å²) in [5.41, 5.74) is 0. The minimum atomic E-state index is -0.980. The molecular weight excluding hydrogens is 288 g/mol. The van der Waals surface area contributed by atoms with Gasteiger partial charge in [-0.3, -0.25) is 0 Å².